The molecule has 0 unspecified atom stereocenters. The summed E-state index contributed by atoms with van der Waals surface area (Å²) in [6.45, 7) is 4.96. The third kappa shape index (κ3) is 4.05. The van der Waals surface area contributed by atoms with Crippen molar-refractivity contribution >= 4 is 11.6 Å². The number of nitrogens with one attached hydrogen (secondary N) is 2. The number of hydrogen-bond donors (Lipinski definition) is 2. The van der Waals surface area contributed by atoms with Crippen LogP contribution in [0.25, 0.3) is 0 Å². The topological polar surface area (TPSA) is 41.1 Å². The minimum atomic E-state index is -0.227. The van der Waals surface area contributed by atoms with Crippen molar-refractivity contribution in [3.05, 3.63) is 65.0 Å². The number of carbonyl (C=O) groups is 1. The standard InChI is InChI=1S/C17H19FN2O/c1-3-19-17(21)13-5-4-6-16(10-13)20-11-14-7-8-15(18)9-12(14)2/h4-10,20H,3,11H2,1-2H3,(H,19,21). The molecule has 3 nitrogen and oxygen atoms in total. The van der Waals surface area contributed by atoms with Crippen molar-refractivity contribution in [3.63, 3.8) is 0 Å². The molecule has 0 bridgehead atoms. The van der Waals surface area contributed by atoms with Gasteiger partial charge in [-0.3, -0.25) is 4.79 Å². The van der Waals surface area contributed by atoms with Crippen LogP contribution < -0.4 is 10.6 Å². The van der Waals surface area contributed by atoms with E-state index in [4.69, 9.17) is 0 Å². The van der Waals surface area contributed by atoms with E-state index in [1.807, 2.05) is 32.0 Å². The van der Waals surface area contributed by atoms with Gasteiger partial charge in [0.1, 0.15) is 5.82 Å². The zero-order chi connectivity index (χ0) is 15.2. The Morgan fingerprint density at radius 1 is 1.19 bits per heavy atom. The van der Waals surface area contributed by atoms with Gasteiger partial charge in [0.15, 0.2) is 0 Å². The highest BCUT2D eigenvalue weighted by molar-refractivity contribution is 5.95. The summed E-state index contributed by atoms with van der Waals surface area (Å²) in [5.41, 5.74) is 3.42. The predicted molar refractivity (Wildman–Crippen MR) is 82.9 cm³/mol. The molecule has 0 heterocycles. The Balaban J connectivity index is 2.06. The summed E-state index contributed by atoms with van der Waals surface area (Å²) in [6, 6.07) is 12.1. The highest BCUT2D eigenvalue weighted by atomic mass is 19.1. The van der Waals surface area contributed by atoms with Crippen LogP contribution in [0.2, 0.25) is 0 Å². The van der Waals surface area contributed by atoms with Gasteiger partial charge in [0, 0.05) is 24.3 Å². The molecule has 0 spiro atoms. The van der Waals surface area contributed by atoms with Gasteiger partial charge in [0.25, 0.3) is 5.91 Å². The van der Waals surface area contributed by atoms with Crippen LogP contribution in [-0.2, 0) is 6.54 Å². The first-order chi connectivity index (χ1) is 10.1. The zero-order valence-corrected chi connectivity index (χ0v) is 12.2. The Kier molecular flexibility index (Phi) is 4.93. The van der Waals surface area contributed by atoms with E-state index in [0.29, 0.717) is 18.7 Å². The maximum absolute atomic E-state index is 13.1. The van der Waals surface area contributed by atoms with Crippen LogP contribution in [0.3, 0.4) is 0 Å². The number of amides is 1. The molecule has 4 heteroatoms. The number of anilines is 1. The first-order valence-corrected chi connectivity index (χ1v) is 6.97. The van der Waals surface area contributed by atoms with Crippen LogP contribution in [0.4, 0.5) is 10.1 Å². The molecule has 0 saturated heterocycles. The number of benzene rings is 2. The van der Waals surface area contributed by atoms with Gasteiger partial charge < -0.3 is 10.6 Å². The van der Waals surface area contributed by atoms with Gasteiger partial charge in [-0.05, 0) is 55.3 Å². The van der Waals surface area contributed by atoms with Crippen LogP contribution in [0.1, 0.15) is 28.4 Å². The fourth-order valence-electron chi connectivity index (χ4n) is 2.09. The summed E-state index contributed by atoms with van der Waals surface area (Å²) in [5, 5.41) is 6.03. The highest BCUT2D eigenvalue weighted by Crippen LogP contribution is 2.15. The van der Waals surface area contributed by atoms with Crippen LogP contribution >= 0.6 is 0 Å². The third-order valence-electron chi connectivity index (χ3n) is 3.25. The molecule has 1 amide bonds. The van der Waals surface area contributed by atoms with E-state index in [9.17, 15) is 9.18 Å². The average molecular weight is 286 g/mol. The molecule has 21 heavy (non-hydrogen) atoms. The van der Waals surface area contributed by atoms with Crippen molar-refractivity contribution in [2.45, 2.75) is 20.4 Å². The van der Waals surface area contributed by atoms with Gasteiger partial charge in [0.05, 0.1) is 0 Å². The van der Waals surface area contributed by atoms with Crippen LogP contribution in [0.15, 0.2) is 42.5 Å². The molecule has 0 atom stereocenters. The van der Waals surface area contributed by atoms with E-state index >= 15 is 0 Å². The molecule has 0 aliphatic carbocycles. The fourth-order valence-corrected chi connectivity index (χ4v) is 2.09. The SMILES string of the molecule is CCNC(=O)c1cccc(NCc2ccc(F)cc2C)c1. The van der Waals surface area contributed by atoms with Crippen molar-refractivity contribution in [1.29, 1.82) is 0 Å². The normalized spacial score (nSPS) is 10.2. The average Bonchev–Trinajstić information content (AvgIpc) is 2.47. The van der Waals surface area contributed by atoms with E-state index < -0.39 is 0 Å². The van der Waals surface area contributed by atoms with E-state index in [1.165, 1.54) is 12.1 Å². The number of rotatable bonds is 5. The van der Waals surface area contributed by atoms with Crippen molar-refractivity contribution in [1.82, 2.24) is 5.32 Å². The van der Waals surface area contributed by atoms with Gasteiger partial charge in [-0.15, -0.1) is 0 Å². The lowest BCUT2D eigenvalue weighted by Gasteiger charge is -2.10. The molecule has 2 aromatic rings. The molecular weight excluding hydrogens is 267 g/mol. The second-order valence-corrected chi connectivity index (χ2v) is 4.86. The lowest BCUT2D eigenvalue weighted by atomic mass is 10.1. The molecule has 0 saturated carbocycles. The quantitative estimate of drug-likeness (QED) is 0.883. The molecule has 2 rings (SSSR count). The third-order valence-corrected chi connectivity index (χ3v) is 3.25. The smallest absolute Gasteiger partial charge is 0.251 e. The number of carbonyl (C=O) groups excluding carboxylic acids is 1. The van der Waals surface area contributed by atoms with Gasteiger partial charge >= 0.3 is 0 Å². The number of hydrogen-bond acceptors (Lipinski definition) is 2. The molecule has 0 aliphatic rings. The lowest BCUT2D eigenvalue weighted by molar-refractivity contribution is 0.0956. The largest absolute Gasteiger partial charge is 0.381 e. The second-order valence-electron chi connectivity index (χ2n) is 4.86. The minimum Gasteiger partial charge on any atom is -0.381 e. The summed E-state index contributed by atoms with van der Waals surface area (Å²) in [5.74, 6) is -0.311. The zero-order valence-electron chi connectivity index (χ0n) is 12.2. The summed E-state index contributed by atoms with van der Waals surface area (Å²) in [6.07, 6.45) is 0. The molecular formula is C17H19FN2O. The summed E-state index contributed by atoms with van der Waals surface area (Å²) < 4.78 is 13.1. The summed E-state index contributed by atoms with van der Waals surface area (Å²) >= 11 is 0. The molecule has 2 aromatic carbocycles. The Hall–Kier alpha value is -2.36. The molecule has 0 aliphatic heterocycles. The highest BCUT2D eigenvalue weighted by Gasteiger charge is 2.05. The van der Waals surface area contributed by atoms with Crippen LogP contribution in [-0.4, -0.2) is 12.5 Å². The number of halogens is 1. The van der Waals surface area contributed by atoms with Crippen molar-refractivity contribution < 1.29 is 9.18 Å². The molecule has 0 fully saturated rings. The van der Waals surface area contributed by atoms with E-state index in [-0.39, 0.29) is 11.7 Å². The second kappa shape index (κ2) is 6.88. The maximum Gasteiger partial charge on any atom is 0.251 e. The first kappa shape index (κ1) is 15.0. The Morgan fingerprint density at radius 3 is 2.71 bits per heavy atom. The van der Waals surface area contributed by atoms with E-state index in [2.05, 4.69) is 10.6 Å². The fraction of sp³-hybridized carbons (Fsp3) is 0.235. The predicted octanol–water partition coefficient (Wildman–Crippen LogP) is 3.50. The first-order valence-electron chi connectivity index (χ1n) is 6.97. The van der Waals surface area contributed by atoms with Crippen molar-refractivity contribution in [2.24, 2.45) is 0 Å². The monoisotopic (exact) mass is 286 g/mol. The van der Waals surface area contributed by atoms with Gasteiger partial charge in [-0.1, -0.05) is 12.1 Å². The summed E-state index contributed by atoms with van der Waals surface area (Å²) in [4.78, 5) is 11.8. The maximum atomic E-state index is 13.1. The lowest BCUT2D eigenvalue weighted by Crippen LogP contribution is -2.22. The molecule has 0 radical (unpaired) electrons. The molecule has 110 valence electrons. The van der Waals surface area contributed by atoms with Crippen molar-refractivity contribution in [3.8, 4) is 0 Å². The van der Waals surface area contributed by atoms with Gasteiger partial charge in [-0.25, -0.2) is 4.39 Å². The van der Waals surface area contributed by atoms with Crippen LogP contribution in [0.5, 0.6) is 0 Å². The van der Waals surface area contributed by atoms with Crippen molar-refractivity contribution in [2.75, 3.05) is 11.9 Å². The van der Waals surface area contributed by atoms with Gasteiger partial charge in [0.2, 0.25) is 0 Å². The van der Waals surface area contributed by atoms with Crippen LogP contribution in [0, 0.1) is 12.7 Å². The number of aryl methyl sites for hydroxylation is 1. The molecule has 2 N–H and O–H groups in total. The van der Waals surface area contributed by atoms with Gasteiger partial charge in [-0.2, -0.15) is 0 Å². The Labute approximate surface area is 124 Å². The summed E-state index contributed by atoms with van der Waals surface area (Å²) in [7, 11) is 0. The Bertz CT molecular complexity index is 640. The van der Waals surface area contributed by atoms with E-state index in [0.717, 1.165) is 16.8 Å². The van der Waals surface area contributed by atoms with E-state index in [1.54, 1.807) is 12.1 Å². The molecule has 0 aromatic heterocycles. The Morgan fingerprint density at radius 2 is 2.00 bits per heavy atom. The minimum absolute atomic E-state index is 0.0842.